The molecular formula is C18H20FNO2. The lowest BCUT2D eigenvalue weighted by molar-refractivity contribution is -0.121. The molecule has 2 rings (SSSR count). The van der Waals surface area contributed by atoms with Gasteiger partial charge in [0.1, 0.15) is 11.6 Å². The highest BCUT2D eigenvalue weighted by Gasteiger charge is 2.09. The standard InChI is InChI=1S/C18H20FNO2/c1-13(15-6-10-17(22-2)11-7-15)20-18(21)12-5-14-3-8-16(19)9-4-14/h3-4,6-11,13H,5,12H2,1-2H3,(H,20,21)/t13-/m1/s1. The summed E-state index contributed by atoms with van der Waals surface area (Å²) in [4.78, 5) is 12.0. The van der Waals surface area contributed by atoms with Gasteiger partial charge in [0.2, 0.25) is 5.91 Å². The number of benzene rings is 2. The van der Waals surface area contributed by atoms with Crippen LogP contribution < -0.4 is 10.1 Å². The third-order valence-electron chi connectivity index (χ3n) is 3.55. The molecule has 0 saturated carbocycles. The van der Waals surface area contributed by atoms with Crippen molar-refractivity contribution < 1.29 is 13.9 Å². The molecule has 0 aliphatic rings. The quantitative estimate of drug-likeness (QED) is 0.884. The van der Waals surface area contributed by atoms with E-state index in [1.165, 1.54) is 12.1 Å². The lowest BCUT2D eigenvalue weighted by Gasteiger charge is -2.15. The smallest absolute Gasteiger partial charge is 0.220 e. The van der Waals surface area contributed by atoms with Crippen molar-refractivity contribution in [1.29, 1.82) is 0 Å². The highest BCUT2D eigenvalue weighted by molar-refractivity contribution is 5.76. The predicted octanol–water partition coefficient (Wildman–Crippen LogP) is 3.64. The van der Waals surface area contributed by atoms with Crippen LogP contribution in [0.25, 0.3) is 0 Å². The first-order chi connectivity index (χ1) is 10.6. The number of nitrogens with one attached hydrogen (secondary N) is 1. The minimum Gasteiger partial charge on any atom is -0.497 e. The number of hydrogen-bond donors (Lipinski definition) is 1. The van der Waals surface area contributed by atoms with E-state index < -0.39 is 0 Å². The molecule has 0 aliphatic carbocycles. The molecule has 0 spiro atoms. The number of methoxy groups -OCH3 is 1. The maximum Gasteiger partial charge on any atom is 0.220 e. The molecule has 0 heterocycles. The molecule has 2 aromatic carbocycles. The summed E-state index contributed by atoms with van der Waals surface area (Å²) in [6.07, 6.45) is 0.980. The van der Waals surface area contributed by atoms with Gasteiger partial charge in [-0.2, -0.15) is 0 Å². The number of halogens is 1. The van der Waals surface area contributed by atoms with E-state index >= 15 is 0 Å². The van der Waals surface area contributed by atoms with Crippen LogP contribution >= 0.6 is 0 Å². The predicted molar refractivity (Wildman–Crippen MR) is 84.3 cm³/mol. The molecule has 0 aromatic heterocycles. The zero-order valence-electron chi connectivity index (χ0n) is 12.8. The Morgan fingerprint density at radius 1 is 1.14 bits per heavy atom. The summed E-state index contributed by atoms with van der Waals surface area (Å²) >= 11 is 0. The molecule has 1 amide bonds. The van der Waals surface area contributed by atoms with E-state index in [-0.39, 0.29) is 17.8 Å². The number of ether oxygens (including phenoxy) is 1. The van der Waals surface area contributed by atoms with Gasteiger partial charge in [-0.25, -0.2) is 4.39 Å². The molecule has 1 atom stereocenters. The van der Waals surface area contributed by atoms with Crippen molar-refractivity contribution in [2.45, 2.75) is 25.8 Å². The molecular weight excluding hydrogens is 281 g/mol. The average molecular weight is 301 g/mol. The van der Waals surface area contributed by atoms with Crippen molar-refractivity contribution in [2.24, 2.45) is 0 Å². The van der Waals surface area contributed by atoms with Gasteiger partial charge >= 0.3 is 0 Å². The number of rotatable bonds is 6. The van der Waals surface area contributed by atoms with Crippen LogP contribution in [0.15, 0.2) is 48.5 Å². The second-order valence-electron chi connectivity index (χ2n) is 5.19. The Labute approximate surface area is 130 Å². The first kappa shape index (κ1) is 16.0. The molecule has 116 valence electrons. The summed E-state index contributed by atoms with van der Waals surface area (Å²) < 4.78 is 17.9. The van der Waals surface area contributed by atoms with Gasteiger partial charge in [-0.15, -0.1) is 0 Å². The van der Waals surface area contributed by atoms with Crippen LogP contribution in [0.5, 0.6) is 5.75 Å². The third-order valence-corrected chi connectivity index (χ3v) is 3.55. The fraction of sp³-hybridized carbons (Fsp3) is 0.278. The van der Waals surface area contributed by atoms with Gasteiger partial charge in [0.15, 0.2) is 0 Å². The van der Waals surface area contributed by atoms with Crippen molar-refractivity contribution in [2.75, 3.05) is 7.11 Å². The van der Waals surface area contributed by atoms with Gasteiger partial charge in [0.05, 0.1) is 13.2 Å². The van der Waals surface area contributed by atoms with Gasteiger partial charge in [0, 0.05) is 6.42 Å². The van der Waals surface area contributed by atoms with Crippen molar-refractivity contribution in [1.82, 2.24) is 5.32 Å². The first-order valence-corrected chi connectivity index (χ1v) is 7.26. The summed E-state index contributed by atoms with van der Waals surface area (Å²) in [6.45, 7) is 1.94. The van der Waals surface area contributed by atoms with Crippen LogP contribution in [0.2, 0.25) is 0 Å². The number of amides is 1. The molecule has 0 radical (unpaired) electrons. The van der Waals surface area contributed by atoms with Crippen molar-refractivity contribution in [3.05, 3.63) is 65.5 Å². The topological polar surface area (TPSA) is 38.3 Å². The van der Waals surface area contributed by atoms with Gasteiger partial charge in [-0.3, -0.25) is 4.79 Å². The Kier molecular flexibility index (Phi) is 5.53. The van der Waals surface area contributed by atoms with Crippen LogP contribution in [-0.4, -0.2) is 13.0 Å². The van der Waals surface area contributed by atoms with Crippen LogP contribution in [0, 0.1) is 5.82 Å². The number of aryl methyl sites for hydroxylation is 1. The van der Waals surface area contributed by atoms with Crippen LogP contribution in [0.4, 0.5) is 4.39 Å². The minimum atomic E-state index is -0.263. The summed E-state index contributed by atoms with van der Waals surface area (Å²) in [5.41, 5.74) is 1.98. The number of carbonyl (C=O) groups is 1. The first-order valence-electron chi connectivity index (χ1n) is 7.26. The van der Waals surface area contributed by atoms with E-state index in [4.69, 9.17) is 4.74 Å². The maximum absolute atomic E-state index is 12.8. The summed E-state index contributed by atoms with van der Waals surface area (Å²) in [5.74, 6) is 0.507. The second kappa shape index (κ2) is 7.59. The van der Waals surface area contributed by atoms with E-state index in [0.717, 1.165) is 16.9 Å². The van der Waals surface area contributed by atoms with E-state index in [1.807, 2.05) is 31.2 Å². The van der Waals surface area contributed by atoms with Crippen LogP contribution in [0.1, 0.15) is 30.5 Å². The monoisotopic (exact) mass is 301 g/mol. The normalized spacial score (nSPS) is 11.8. The highest BCUT2D eigenvalue weighted by Crippen LogP contribution is 2.17. The van der Waals surface area contributed by atoms with Gasteiger partial charge in [-0.1, -0.05) is 24.3 Å². The fourth-order valence-electron chi connectivity index (χ4n) is 2.20. The molecule has 0 aliphatic heterocycles. The summed E-state index contributed by atoms with van der Waals surface area (Å²) in [7, 11) is 1.62. The van der Waals surface area contributed by atoms with Gasteiger partial charge < -0.3 is 10.1 Å². The Morgan fingerprint density at radius 3 is 2.36 bits per heavy atom. The van der Waals surface area contributed by atoms with Crippen molar-refractivity contribution >= 4 is 5.91 Å². The third kappa shape index (κ3) is 4.58. The van der Waals surface area contributed by atoms with E-state index in [2.05, 4.69) is 5.32 Å². The van der Waals surface area contributed by atoms with E-state index in [1.54, 1.807) is 19.2 Å². The number of carbonyl (C=O) groups excluding carboxylic acids is 1. The highest BCUT2D eigenvalue weighted by atomic mass is 19.1. The largest absolute Gasteiger partial charge is 0.497 e. The van der Waals surface area contributed by atoms with Crippen LogP contribution in [-0.2, 0) is 11.2 Å². The van der Waals surface area contributed by atoms with Crippen LogP contribution in [0.3, 0.4) is 0 Å². The Hall–Kier alpha value is -2.36. The molecule has 0 bridgehead atoms. The molecule has 2 aromatic rings. The van der Waals surface area contributed by atoms with E-state index in [9.17, 15) is 9.18 Å². The van der Waals surface area contributed by atoms with Crippen molar-refractivity contribution in [3.8, 4) is 5.75 Å². The molecule has 0 fully saturated rings. The molecule has 3 nitrogen and oxygen atoms in total. The molecule has 0 saturated heterocycles. The zero-order chi connectivity index (χ0) is 15.9. The van der Waals surface area contributed by atoms with Gasteiger partial charge in [-0.05, 0) is 48.7 Å². The average Bonchev–Trinajstić information content (AvgIpc) is 2.54. The summed E-state index contributed by atoms with van der Waals surface area (Å²) in [5, 5.41) is 2.96. The molecule has 1 N–H and O–H groups in total. The molecule has 0 unspecified atom stereocenters. The molecule has 22 heavy (non-hydrogen) atoms. The fourth-order valence-corrected chi connectivity index (χ4v) is 2.20. The maximum atomic E-state index is 12.8. The Morgan fingerprint density at radius 2 is 1.77 bits per heavy atom. The summed E-state index contributed by atoms with van der Waals surface area (Å²) in [6, 6.07) is 13.8. The Bertz CT molecular complexity index is 608. The lowest BCUT2D eigenvalue weighted by Crippen LogP contribution is -2.26. The Balaban J connectivity index is 1.83. The van der Waals surface area contributed by atoms with E-state index in [0.29, 0.717) is 12.8 Å². The zero-order valence-corrected chi connectivity index (χ0v) is 12.8. The van der Waals surface area contributed by atoms with Crippen molar-refractivity contribution in [3.63, 3.8) is 0 Å². The minimum absolute atomic E-state index is 0.0207. The lowest BCUT2D eigenvalue weighted by atomic mass is 10.1. The second-order valence-corrected chi connectivity index (χ2v) is 5.19. The molecule has 4 heteroatoms. The SMILES string of the molecule is COc1ccc([C@@H](C)NC(=O)CCc2ccc(F)cc2)cc1. The number of hydrogen-bond acceptors (Lipinski definition) is 2. The van der Waals surface area contributed by atoms with Gasteiger partial charge in [0.25, 0.3) is 0 Å².